The molecule has 1 fully saturated rings. The molecule has 0 bridgehead atoms. The lowest BCUT2D eigenvalue weighted by Gasteiger charge is -2.25. The second-order valence-corrected chi connectivity index (χ2v) is 4.51. The quantitative estimate of drug-likeness (QED) is 0.741. The summed E-state index contributed by atoms with van der Waals surface area (Å²) < 4.78 is 11.5. The summed E-state index contributed by atoms with van der Waals surface area (Å²) in [6, 6.07) is 1.51. The van der Waals surface area contributed by atoms with Gasteiger partial charge in [-0.2, -0.15) is 4.98 Å². The van der Waals surface area contributed by atoms with Gasteiger partial charge in [0.25, 0.3) is 0 Å². The van der Waals surface area contributed by atoms with Gasteiger partial charge >= 0.3 is 5.69 Å². The van der Waals surface area contributed by atoms with Crippen molar-refractivity contribution in [3.8, 4) is 5.88 Å². The highest BCUT2D eigenvalue weighted by molar-refractivity contribution is 5.07. The van der Waals surface area contributed by atoms with Gasteiger partial charge in [-0.25, -0.2) is 4.79 Å². The topological polar surface area (TPSA) is 93.8 Å². The molecule has 100 valence electrons. The van der Waals surface area contributed by atoms with E-state index in [0.717, 1.165) is 0 Å². The van der Waals surface area contributed by atoms with Gasteiger partial charge in [-0.3, -0.25) is 4.57 Å². The van der Waals surface area contributed by atoms with E-state index in [1.54, 1.807) is 6.92 Å². The number of methoxy groups -OCH3 is 1. The summed E-state index contributed by atoms with van der Waals surface area (Å²) in [4.78, 5) is 15.5. The molecule has 3 atom stereocenters. The minimum atomic E-state index is -1.23. The summed E-state index contributed by atoms with van der Waals surface area (Å²) in [5, 5.41) is 19.3. The summed E-state index contributed by atoms with van der Waals surface area (Å²) >= 11 is 0. The molecule has 18 heavy (non-hydrogen) atoms. The van der Waals surface area contributed by atoms with Crippen LogP contribution in [0.25, 0.3) is 0 Å². The van der Waals surface area contributed by atoms with Crippen LogP contribution in [0.5, 0.6) is 5.88 Å². The van der Waals surface area contributed by atoms with Gasteiger partial charge in [0.1, 0.15) is 5.60 Å². The first-order valence-corrected chi connectivity index (χ1v) is 5.60. The van der Waals surface area contributed by atoms with Gasteiger partial charge in [0.15, 0.2) is 6.23 Å². The first-order valence-electron chi connectivity index (χ1n) is 5.60. The van der Waals surface area contributed by atoms with Gasteiger partial charge < -0.3 is 19.7 Å². The molecule has 0 amide bonds. The fourth-order valence-electron chi connectivity index (χ4n) is 2.10. The monoisotopic (exact) mass is 256 g/mol. The van der Waals surface area contributed by atoms with E-state index in [9.17, 15) is 9.90 Å². The SMILES string of the molecule is COc1ccn([C@@H]2O[C@H](CO)C[C@@]2(C)O)c(=O)n1. The maximum absolute atomic E-state index is 11.8. The van der Waals surface area contributed by atoms with Crippen LogP contribution in [-0.4, -0.2) is 45.2 Å². The van der Waals surface area contributed by atoms with Crippen molar-refractivity contribution in [1.82, 2.24) is 9.55 Å². The zero-order chi connectivity index (χ0) is 13.3. The summed E-state index contributed by atoms with van der Waals surface area (Å²) in [5.41, 5.74) is -1.80. The Kier molecular flexibility index (Phi) is 3.38. The minimum absolute atomic E-state index is 0.201. The Labute approximate surface area is 104 Å². The number of aromatic nitrogens is 2. The second-order valence-electron chi connectivity index (χ2n) is 4.51. The Balaban J connectivity index is 2.34. The summed E-state index contributed by atoms with van der Waals surface area (Å²) in [5.74, 6) is 0.201. The number of hydrogen-bond acceptors (Lipinski definition) is 6. The molecule has 7 heteroatoms. The molecular weight excluding hydrogens is 240 g/mol. The van der Waals surface area contributed by atoms with Crippen LogP contribution in [0.1, 0.15) is 19.6 Å². The Morgan fingerprint density at radius 3 is 2.94 bits per heavy atom. The predicted molar refractivity (Wildman–Crippen MR) is 61.3 cm³/mol. The highest BCUT2D eigenvalue weighted by Gasteiger charge is 2.45. The fraction of sp³-hybridized carbons (Fsp3) is 0.636. The van der Waals surface area contributed by atoms with Crippen LogP contribution in [0.3, 0.4) is 0 Å². The lowest BCUT2D eigenvalue weighted by Crippen LogP contribution is -2.38. The van der Waals surface area contributed by atoms with E-state index in [4.69, 9.17) is 14.6 Å². The molecule has 0 saturated carbocycles. The zero-order valence-corrected chi connectivity index (χ0v) is 10.2. The van der Waals surface area contributed by atoms with Gasteiger partial charge in [-0.15, -0.1) is 0 Å². The zero-order valence-electron chi connectivity index (χ0n) is 10.2. The molecular formula is C11H16N2O5. The molecule has 1 aliphatic heterocycles. The lowest BCUT2D eigenvalue weighted by atomic mass is 10.0. The molecule has 1 aromatic rings. The van der Waals surface area contributed by atoms with Crippen LogP contribution in [-0.2, 0) is 4.74 Å². The highest BCUT2D eigenvalue weighted by Crippen LogP contribution is 2.36. The average molecular weight is 256 g/mol. The first kappa shape index (κ1) is 13.0. The number of ether oxygens (including phenoxy) is 2. The molecule has 2 rings (SSSR count). The number of hydrogen-bond donors (Lipinski definition) is 2. The van der Waals surface area contributed by atoms with E-state index >= 15 is 0 Å². The smallest absolute Gasteiger partial charge is 0.353 e. The highest BCUT2D eigenvalue weighted by atomic mass is 16.5. The van der Waals surface area contributed by atoms with Crippen molar-refractivity contribution in [2.75, 3.05) is 13.7 Å². The summed E-state index contributed by atoms with van der Waals surface area (Å²) in [6.45, 7) is 1.36. The summed E-state index contributed by atoms with van der Waals surface area (Å²) in [7, 11) is 1.41. The van der Waals surface area contributed by atoms with Crippen LogP contribution in [0.2, 0.25) is 0 Å². The Morgan fingerprint density at radius 2 is 2.44 bits per heavy atom. The van der Waals surface area contributed by atoms with Gasteiger partial charge in [0.05, 0.1) is 19.8 Å². The molecule has 0 aromatic carbocycles. The van der Waals surface area contributed by atoms with Crippen molar-refractivity contribution in [1.29, 1.82) is 0 Å². The second kappa shape index (κ2) is 4.68. The van der Waals surface area contributed by atoms with E-state index in [2.05, 4.69) is 4.98 Å². The predicted octanol–water partition coefficient (Wildman–Crippen LogP) is -0.717. The number of aliphatic hydroxyl groups is 2. The van der Waals surface area contributed by atoms with Gasteiger partial charge in [0, 0.05) is 18.7 Å². The number of rotatable bonds is 3. The molecule has 0 unspecified atom stereocenters. The lowest BCUT2D eigenvalue weighted by molar-refractivity contribution is -0.0897. The van der Waals surface area contributed by atoms with E-state index in [-0.39, 0.29) is 18.9 Å². The minimum Gasteiger partial charge on any atom is -0.481 e. The summed E-state index contributed by atoms with van der Waals surface area (Å²) in [6.07, 6.45) is 0.360. The Morgan fingerprint density at radius 1 is 1.72 bits per heavy atom. The first-order chi connectivity index (χ1) is 8.47. The van der Waals surface area contributed by atoms with E-state index in [0.29, 0.717) is 0 Å². The fourth-order valence-corrected chi connectivity index (χ4v) is 2.10. The van der Waals surface area contributed by atoms with Crippen LogP contribution in [0.15, 0.2) is 17.1 Å². The third kappa shape index (κ3) is 2.24. The maximum atomic E-state index is 11.8. The number of aliphatic hydroxyl groups excluding tert-OH is 1. The third-order valence-corrected chi connectivity index (χ3v) is 2.96. The van der Waals surface area contributed by atoms with Gasteiger partial charge in [0.2, 0.25) is 5.88 Å². The molecule has 1 saturated heterocycles. The average Bonchev–Trinajstić information content (AvgIpc) is 2.64. The van der Waals surface area contributed by atoms with Gasteiger partial charge in [-0.05, 0) is 6.92 Å². The third-order valence-electron chi connectivity index (χ3n) is 2.96. The van der Waals surface area contributed by atoms with Crippen molar-refractivity contribution in [2.45, 2.75) is 31.3 Å². The molecule has 0 aliphatic carbocycles. The van der Waals surface area contributed by atoms with E-state index in [1.807, 2.05) is 0 Å². The standard InChI is InChI=1S/C11H16N2O5/c1-11(16)5-7(6-14)18-9(11)13-4-3-8(17-2)12-10(13)15/h3-4,7,9,14,16H,5-6H2,1-2H3/t7-,9+,11+/m0/s1. The van der Waals surface area contributed by atoms with Crippen molar-refractivity contribution in [2.24, 2.45) is 0 Å². The van der Waals surface area contributed by atoms with Crippen molar-refractivity contribution < 1.29 is 19.7 Å². The van der Waals surface area contributed by atoms with Crippen LogP contribution in [0, 0.1) is 0 Å². The van der Waals surface area contributed by atoms with Crippen molar-refractivity contribution in [3.63, 3.8) is 0 Å². The largest absolute Gasteiger partial charge is 0.481 e. The van der Waals surface area contributed by atoms with E-state index < -0.39 is 23.6 Å². The van der Waals surface area contributed by atoms with Crippen LogP contribution < -0.4 is 10.4 Å². The van der Waals surface area contributed by atoms with Crippen molar-refractivity contribution in [3.05, 3.63) is 22.7 Å². The van der Waals surface area contributed by atoms with E-state index in [1.165, 1.54) is 23.9 Å². The Hall–Kier alpha value is -1.44. The Bertz CT molecular complexity index is 485. The van der Waals surface area contributed by atoms with Crippen molar-refractivity contribution >= 4 is 0 Å². The molecule has 1 aromatic heterocycles. The number of nitrogens with zero attached hydrogens (tertiary/aromatic N) is 2. The maximum Gasteiger partial charge on any atom is 0.353 e. The van der Waals surface area contributed by atoms with Crippen LogP contribution in [0.4, 0.5) is 0 Å². The molecule has 2 N–H and O–H groups in total. The normalized spacial score (nSPS) is 31.6. The molecule has 1 aliphatic rings. The van der Waals surface area contributed by atoms with Crippen LogP contribution >= 0.6 is 0 Å². The molecule has 0 radical (unpaired) electrons. The van der Waals surface area contributed by atoms with Gasteiger partial charge in [-0.1, -0.05) is 0 Å². The molecule has 7 nitrogen and oxygen atoms in total. The molecule has 2 heterocycles. The molecule has 0 spiro atoms.